The Morgan fingerprint density at radius 1 is 1.12 bits per heavy atom. The lowest BCUT2D eigenvalue weighted by Gasteiger charge is -2.16. The molecule has 0 saturated heterocycles. The number of carbonyl (C=O) groups is 1. The molecule has 0 aromatic heterocycles. The van der Waals surface area contributed by atoms with Crippen LogP contribution < -0.4 is 10.1 Å². The van der Waals surface area contributed by atoms with Gasteiger partial charge in [-0.3, -0.25) is 4.79 Å². The van der Waals surface area contributed by atoms with Crippen LogP contribution in [0.3, 0.4) is 0 Å². The van der Waals surface area contributed by atoms with E-state index in [1.807, 2.05) is 48.5 Å². The largest absolute Gasteiger partial charge is 0.479 e. The second-order valence-electron chi connectivity index (χ2n) is 5.57. The third-order valence-corrected chi connectivity index (χ3v) is 4.05. The zero-order valence-electron chi connectivity index (χ0n) is 13.5. The molecule has 0 unspecified atom stereocenters. The average Bonchev–Trinajstić information content (AvgIpc) is 2.63. The summed E-state index contributed by atoms with van der Waals surface area (Å²) in [5.41, 5.74) is 1.13. The Bertz CT molecular complexity index is 979. The number of carbonyl (C=O) groups excluding carboxylic acids is 1. The van der Waals surface area contributed by atoms with Crippen molar-refractivity contribution in [2.75, 3.05) is 5.32 Å². The van der Waals surface area contributed by atoms with Gasteiger partial charge in [-0.25, -0.2) is 0 Å². The molecule has 1 atom stereocenters. The molecule has 3 rings (SSSR count). The fourth-order valence-corrected chi connectivity index (χ4v) is 2.65. The van der Waals surface area contributed by atoms with Gasteiger partial charge in [-0.15, -0.1) is 0 Å². The molecule has 1 N–H and O–H groups in total. The van der Waals surface area contributed by atoms with Crippen molar-refractivity contribution in [1.82, 2.24) is 0 Å². The van der Waals surface area contributed by atoms with Crippen molar-refractivity contribution in [3.8, 4) is 11.8 Å². The van der Waals surface area contributed by atoms with Crippen molar-refractivity contribution in [3.05, 3.63) is 71.2 Å². The molecule has 25 heavy (non-hydrogen) atoms. The lowest BCUT2D eigenvalue weighted by Crippen LogP contribution is -2.30. The summed E-state index contributed by atoms with van der Waals surface area (Å²) in [5, 5.41) is 14.1. The molecule has 0 spiro atoms. The molecule has 0 saturated carbocycles. The number of hydrogen-bond acceptors (Lipinski definition) is 3. The molecule has 0 fully saturated rings. The topological polar surface area (TPSA) is 62.1 Å². The fourth-order valence-electron chi connectivity index (χ4n) is 2.42. The van der Waals surface area contributed by atoms with Crippen molar-refractivity contribution < 1.29 is 9.53 Å². The Kier molecular flexibility index (Phi) is 4.87. The van der Waals surface area contributed by atoms with Gasteiger partial charge in [-0.1, -0.05) is 41.9 Å². The van der Waals surface area contributed by atoms with Crippen molar-refractivity contribution in [2.45, 2.75) is 13.0 Å². The highest BCUT2D eigenvalue weighted by Crippen LogP contribution is 2.26. The Balaban J connectivity index is 1.70. The minimum Gasteiger partial charge on any atom is -0.479 e. The normalized spacial score (nSPS) is 11.6. The minimum atomic E-state index is -0.739. The van der Waals surface area contributed by atoms with E-state index in [1.165, 1.54) is 6.07 Å². The molecule has 1 amide bonds. The summed E-state index contributed by atoms with van der Waals surface area (Å²) in [5.74, 6) is 0.0811. The van der Waals surface area contributed by atoms with Crippen LogP contribution in [0.2, 0.25) is 5.02 Å². The second kappa shape index (κ2) is 7.25. The van der Waals surface area contributed by atoms with Crippen LogP contribution in [-0.2, 0) is 4.79 Å². The molecule has 124 valence electrons. The minimum absolute atomic E-state index is 0.282. The van der Waals surface area contributed by atoms with E-state index in [0.717, 1.165) is 10.8 Å². The SMILES string of the molecule is C[C@H](Oc1ccc(C#N)cc1Cl)C(=O)Nc1ccc2ccccc2c1. The van der Waals surface area contributed by atoms with Gasteiger partial charge in [0, 0.05) is 5.69 Å². The second-order valence-corrected chi connectivity index (χ2v) is 5.98. The number of benzene rings is 3. The summed E-state index contributed by atoms with van der Waals surface area (Å²) >= 11 is 6.07. The number of amides is 1. The van der Waals surface area contributed by atoms with Gasteiger partial charge in [-0.2, -0.15) is 5.26 Å². The third-order valence-electron chi connectivity index (χ3n) is 3.75. The van der Waals surface area contributed by atoms with Crippen LogP contribution in [0, 0.1) is 11.3 Å². The quantitative estimate of drug-likeness (QED) is 0.737. The standard InChI is InChI=1S/C20H15ClN2O2/c1-13(25-19-9-6-14(12-22)10-18(19)21)20(24)23-17-8-7-15-4-2-3-5-16(15)11-17/h2-11,13H,1H3,(H,23,24)/t13-/m0/s1. The molecule has 0 aliphatic carbocycles. The first-order chi connectivity index (χ1) is 12.1. The highest BCUT2D eigenvalue weighted by Gasteiger charge is 2.16. The van der Waals surface area contributed by atoms with E-state index in [9.17, 15) is 4.79 Å². The van der Waals surface area contributed by atoms with Crippen molar-refractivity contribution in [2.24, 2.45) is 0 Å². The molecular weight excluding hydrogens is 336 g/mol. The van der Waals surface area contributed by atoms with Gasteiger partial charge in [0.05, 0.1) is 16.7 Å². The summed E-state index contributed by atoms with van der Waals surface area (Å²) in [7, 11) is 0. The Hall–Kier alpha value is -3.03. The number of halogens is 1. The molecule has 4 nitrogen and oxygen atoms in total. The van der Waals surface area contributed by atoms with Gasteiger partial charge in [0.15, 0.2) is 6.10 Å². The van der Waals surface area contributed by atoms with Gasteiger partial charge in [-0.05, 0) is 48.0 Å². The average molecular weight is 351 g/mol. The molecule has 0 radical (unpaired) electrons. The van der Waals surface area contributed by atoms with E-state index in [-0.39, 0.29) is 5.91 Å². The molecule has 0 aliphatic rings. The molecule has 0 aliphatic heterocycles. The van der Waals surface area contributed by atoms with E-state index in [4.69, 9.17) is 21.6 Å². The first kappa shape index (κ1) is 16.8. The van der Waals surface area contributed by atoms with Crippen molar-refractivity contribution >= 4 is 34.0 Å². The zero-order chi connectivity index (χ0) is 17.8. The van der Waals surface area contributed by atoms with E-state index < -0.39 is 6.10 Å². The third kappa shape index (κ3) is 3.90. The van der Waals surface area contributed by atoms with Crippen molar-refractivity contribution in [3.63, 3.8) is 0 Å². The highest BCUT2D eigenvalue weighted by atomic mass is 35.5. The van der Waals surface area contributed by atoms with Gasteiger partial charge in [0.1, 0.15) is 5.75 Å². The molecule has 5 heteroatoms. The highest BCUT2D eigenvalue weighted by molar-refractivity contribution is 6.32. The zero-order valence-corrected chi connectivity index (χ0v) is 14.2. The summed E-state index contributed by atoms with van der Waals surface area (Å²) in [4.78, 5) is 12.4. The van der Waals surface area contributed by atoms with E-state index in [1.54, 1.807) is 19.1 Å². The van der Waals surface area contributed by atoms with Crippen LogP contribution in [0.4, 0.5) is 5.69 Å². The van der Waals surface area contributed by atoms with E-state index >= 15 is 0 Å². The summed E-state index contributed by atoms with van der Waals surface area (Å²) in [6, 6.07) is 20.3. The number of ether oxygens (including phenoxy) is 1. The molecular formula is C20H15ClN2O2. The van der Waals surface area contributed by atoms with Crippen LogP contribution >= 0.6 is 11.6 Å². The maximum absolute atomic E-state index is 12.4. The fraction of sp³-hybridized carbons (Fsp3) is 0.100. The predicted molar refractivity (Wildman–Crippen MR) is 98.8 cm³/mol. The number of hydrogen-bond donors (Lipinski definition) is 1. The first-order valence-corrected chi connectivity index (χ1v) is 8.10. The number of rotatable bonds is 4. The molecule has 0 heterocycles. The predicted octanol–water partition coefficient (Wildman–Crippen LogP) is 4.77. The maximum atomic E-state index is 12.4. The van der Waals surface area contributed by atoms with E-state index in [2.05, 4.69) is 5.32 Å². The molecule has 3 aromatic rings. The Morgan fingerprint density at radius 2 is 1.88 bits per heavy atom. The smallest absolute Gasteiger partial charge is 0.265 e. The summed E-state index contributed by atoms with van der Waals surface area (Å²) in [6.07, 6.45) is -0.739. The first-order valence-electron chi connectivity index (χ1n) is 7.73. The number of anilines is 1. The van der Waals surface area contributed by atoms with Crippen LogP contribution in [-0.4, -0.2) is 12.0 Å². The Morgan fingerprint density at radius 3 is 2.60 bits per heavy atom. The summed E-state index contributed by atoms with van der Waals surface area (Å²) < 4.78 is 5.61. The Labute approximate surface area is 150 Å². The van der Waals surface area contributed by atoms with Crippen molar-refractivity contribution in [1.29, 1.82) is 5.26 Å². The van der Waals surface area contributed by atoms with Crippen LogP contribution in [0.5, 0.6) is 5.75 Å². The lowest BCUT2D eigenvalue weighted by molar-refractivity contribution is -0.122. The van der Waals surface area contributed by atoms with Crippen LogP contribution in [0.1, 0.15) is 12.5 Å². The molecule has 0 bridgehead atoms. The maximum Gasteiger partial charge on any atom is 0.265 e. The van der Waals surface area contributed by atoms with Crippen LogP contribution in [0.15, 0.2) is 60.7 Å². The monoisotopic (exact) mass is 350 g/mol. The van der Waals surface area contributed by atoms with Gasteiger partial charge in [0.25, 0.3) is 5.91 Å². The van der Waals surface area contributed by atoms with Crippen LogP contribution in [0.25, 0.3) is 10.8 Å². The van der Waals surface area contributed by atoms with Gasteiger partial charge >= 0.3 is 0 Å². The number of nitriles is 1. The summed E-state index contributed by atoms with van der Waals surface area (Å²) in [6.45, 7) is 1.64. The number of nitrogens with zero attached hydrogens (tertiary/aromatic N) is 1. The number of fused-ring (bicyclic) bond motifs is 1. The lowest BCUT2D eigenvalue weighted by atomic mass is 10.1. The van der Waals surface area contributed by atoms with E-state index in [0.29, 0.717) is 22.0 Å². The number of nitrogens with one attached hydrogen (secondary N) is 1. The van der Waals surface area contributed by atoms with Gasteiger partial charge < -0.3 is 10.1 Å². The molecule has 3 aromatic carbocycles. The van der Waals surface area contributed by atoms with Gasteiger partial charge in [0.2, 0.25) is 0 Å².